The molecule has 0 aliphatic heterocycles. The molecule has 0 aliphatic carbocycles. The molecule has 0 fully saturated rings. The number of nitrogens with zero attached hydrogens (tertiary/aromatic N) is 1. The molecule has 0 radical (unpaired) electrons. The molecule has 0 unspecified atom stereocenters. The smallest absolute Gasteiger partial charge is 0.307 e. The predicted molar refractivity (Wildman–Crippen MR) is 89.2 cm³/mol. The standard InChI is InChI=1S/C18H22N2O3/c1-3-23-18(21)9-10-19-13-14-4-6-15(7-5-14)17-12-16(22-2)8-11-20-17/h4-8,11-12,19H,3,9-10,13H2,1-2H3. The van der Waals surface area contributed by atoms with Crippen molar-refractivity contribution in [3.05, 3.63) is 48.2 Å². The van der Waals surface area contributed by atoms with E-state index in [4.69, 9.17) is 9.47 Å². The summed E-state index contributed by atoms with van der Waals surface area (Å²) >= 11 is 0. The molecule has 1 aromatic heterocycles. The molecular weight excluding hydrogens is 292 g/mol. The summed E-state index contributed by atoms with van der Waals surface area (Å²) in [5, 5.41) is 3.23. The van der Waals surface area contributed by atoms with E-state index in [1.54, 1.807) is 13.3 Å². The maximum atomic E-state index is 11.2. The molecule has 1 aromatic carbocycles. The minimum atomic E-state index is -0.167. The van der Waals surface area contributed by atoms with Gasteiger partial charge in [-0.3, -0.25) is 9.78 Å². The third-order valence-corrected chi connectivity index (χ3v) is 3.36. The average molecular weight is 314 g/mol. The number of rotatable bonds is 8. The van der Waals surface area contributed by atoms with Crippen LogP contribution in [0, 0.1) is 0 Å². The van der Waals surface area contributed by atoms with Gasteiger partial charge in [0.2, 0.25) is 0 Å². The van der Waals surface area contributed by atoms with Crippen LogP contribution in [0.3, 0.4) is 0 Å². The predicted octanol–water partition coefficient (Wildman–Crippen LogP) is 2.80. The second kappa shape index (κ2) is 8.90. The highest BCUT2D eigenvalue weighted by Gasteiger charge is 2.03. The summed E-state index contributed by atoms with van der Waals surface area (Å²) in [5.74, 6) is 0.624. The molecule has 0 atom stereocenters. The summed E-state index contributed by atoms with van der Waals surface area (Å²) in [6.07, 6.45) is 2.12. The number of methoxy groups -OCH3 is 1. The zero-order valence-electron chi connectivity index (χ0n) is 13.5. The van der Waals surface area contributed by atoms with Crippen LogP contribution in [0.15, 0.2) is 42.6 Å². The number of carbonyl (C=O) groups excluding carboxylic acids is 1. The van der Waals surface area contributed by atoms with E-state index in [-0.39, 0.29) is 5.97 Å². The van der Waals surface area contributed by atoms with Gasteiger partial charge >= 0.3 is 5.97 Å². The van der Waals surface area contributed by atoms with E-state index in [9.17, 15) is 4.79 Å². The topological polar surface area (TPSA) is 60.5 Å². The second-order valence-electron chi connectivity index (χ2n) is 5.01. The highest BCUT2D eigenvalue weighted by atomic mass is 16.5. The van der Waals surface area contributed by atoms with Crippen molar-refractivity contribution in [2.75, 3.05) is 20.3 Å². The number of nitrogens with one attached hydrogen (secondary N) is 1. The van der Waals surface area contributed by atoms with Crippen LogP contribution >= 0.6 is 0 Å². The zero-order chi connectivity index (χ0) is 16.5. The first-order chi connectivity index (χ1) is 11.2. The van der Waals surface area contributed by atoms with Gasteiger partial charge in [-0.25, -0.2) is 0 Å². The molecule has 0 bridgehead atoms. The molecule has 0 saturated carbocycles. The van der Waals surface area contributed by atoms with Crippen LogP contribution in [-0.2, 0) is 16.1 Å². The summed E-state index contributed by atoms with van der Waals surface area (Å²) in [6, 6.07) is 11.9. The molecule has 5 nitrogen and oxygen atoms in total. The SMILES string of the molecule is CCOC(=O)CCNCc1ccc(-c2cc(OC)ccn2)cc1. The van der Waals surface area contributed by atoms with Gasteiger partial charge in [-0.1, -0.05) is 24.3 Å². The van der Waals surface area contributed by atoms with Gasteiger partial charge in [-0.05, 0) is 18.6 Å². The number of benzene rings is 1. The normalized spacial score (nSPS) is 10.3. The molecule has 2 aromatic rings. The lowest BCUT2D eigenvalue weighted by atomic mass is 10.1. The van der Waals surface area contributed by atoms with E-state index in [0.29, 0.717) is 26.1 Å². The molecule has 0 aliphatic rings. The first-order valence-corrected chi connectivity index (χ1v) is 7.68. The van der Waals surface area contributed by atoms with E-state index >= 15 is 0 Å². The van der Waals surface area contributed by atoms with E-state index in [1.807, 2.05) is 43.3 Å². The molecule has 5 heteroatoms. The average Bonchev–Trinajstić information content (AvgIpc) is 2.59. The molecule has 0 saturated heterocycles. The van der Waals surface area contributed by atoms with E-state index in [2.05, 4.69) is 10.3 Å². The Bertz CT molecular complexity index is 626. The first kappa shape index (κ1) is 17.0. The maximum absolute atomic E-state index is 11.2. The van der Waals surface area contributed by atoms with Gasteiger partial charge in [-0.2, -0.15) is 0 Å². The summed E-state index contributed by atoms with van der Waals surface area (Å²) in [7, 11) is 1.64. The van der Waals surface area contributed by atoms with Gasteiger partial charge in [0, 0.05) is 30.9 Å². The van der Waals surface area contributed by atoms with Crippen LogP contribution in [-0.4, -0.2) is 31.2 Å². The summed E-state index contributed by atoms with van der Waals surface area (Å²) in [4.78, 5) is 15.6. The Labute approximate surface area is 136 Å². The first-order valence-electron chi connectivity index (χ1n) is 7.68. The van der Waals surface area contributed by atoms with Crippen LogP contribution in [0.4, 0.5) is 0 Å². The number of pyridine rings is 1. The van der Waals surface area contributed by atoms with Crippen molar-refractivity contribution in [1.82, 2.24) is 10.3 Å². The number of aromatic nitrogens is 1. The van der Waals surface area contributed by atoms with Crippen molar-refractivity contribution >= 4 is 5.97 Å². The Hall–Kier alpha value is -2.40. The third kappa shape index (κ3) is 5.38. The summed E-state index contributed by atoms with van der Waals surface area (Å²) in [5.41, 5.74) is 3.07. The minimum Gasteiger partial charge on any atom is -0.497 e. The van der Waals surface area contributed by atoms with Crippen LogP contribution in [0.25, 0.3) is 11.3 Å². The fraction of sp³-hybridized carbons (Fsp3) is 0.333. The third-order valence-electron chi connectivity index (χ3n) is 3.36. The molecule has 2 rings (SSSR count). The number of esters is 1. The second-order valence-corrected chi connectivity index (χ2v) is 5.01. The van der Waals surface area contributed by atoms with Gasteiger partial charge in [0.15, 0.2) is 0 Å². The van der Waals surface area contributed by atoms with Crippen molar-refractivity contribution in [3.8, 4) is 17.0 Å². The quantitative estimate of drug-likeness (QED) is 0.600. The molecular formula is C18H22N2O3. The molecule has 1 N–H and O–H groups in total. The Kier molecular flexibility index (Phi) is 6.56. The van der Waals surface area contributed by atoms with Crippen molar-refractivity contribution in [2.45, 2.75) is 19.9 Å². The monoisotopic (exact) mass is 314 g/mol. The fourth-order valence-corrected chi connectivity index (χ4v) is 2.15. The van der Waals surface area contributed by atoms with Crippen molar-refractivity contribution in [1.29, 1.82) is 0 Å². The Morgan fingerprint density at radius 2 is 2.00 bits per heavy atom. The van der Waals surface area contributed by atoms with Crippen LogP contribution in [0.2, 0.25) is 0 Å². The Balaban J connectivity index is 1.86. The van der Waals surface area contributed by atoms with Crippen molar-refractivity contribution in [2.24, 2.45) is 0 Å². The molecule has 0 amide bonds. The van der Waals surface area contributed by atoms with Gasteiger partial charge in [0.25, 0.3) is 0 Å². The van der Waals surface area contributed by atoms with Crippen molar-refractivity contribution in [3.63, 3.8) is 0 Å². The minimum absolute atomic E-state index is 0.167. The lowest BCUT2D eigenvalue weighted by Crippen LogP contribution is -2.18. The maximum Gasteiger partial charge on any atom is 0.307 e. The summed E-state index contributed by atoms with van der Waals surface area (Å²) in [6.45, 7) is 3.56. The van der Waals surface area contributed by atoms with Gasteiger partial charge < -0.3 is 14.8 Å². The molecule has 0 spiro atoms. The fourth-order valence-electron chi connectivity index (χ4n) is 2.15. The van der Waals surface area contributed by atoms with Crippen molar-refractivity contribution < 1.29 is 14.3 Å². The Morgan fingerprint density at radius 3 is 2.70 bits per heavy atom. The number of hydrogen-bond acceptors (Lipinski definition) is 5. The van der Waals surface area contributed by atoms with E-state index < -0.39 is 0 Å². The highest BCUT2D eigenvalue weighted by molar-refractivity contribution is 5.69. The Morgan fingerprint density at radius 1 is 1.22 bits per heavy atom. The highest BCUT2D eigenvalue weighted by Crippen LogP contribution is 2.21. The largest absolute Gasteiger partial charge is 0.497 e. The lowest BCUT2D eigenvalue weighted by Gasteiger charge is -2.07. The number of hydrogen-bond donors (Lipinski definition) is 1. The van der Waals surface area contributed by atoms with E-state index in [1.165, 1.54) is 0 Å². The molecule has 23 heavy (non-hydrogen) atoms. The molecule has 1 heterocycles. The van der Waals surface area contributed by atoms with Crippen LogP contribution < -0.4 is 10.1 Å². The van der Waals surface area contributed by atoms with Crippen LogP contribution in [0.1, 0.15) is 18.9 Å². The van der Waals surface area contributed by atoms with E-state index in [0.717, 1.165) is 22.6 Å². The number of carbonyl (C=O) groups is 1. The van der Waals surface area contributed by atoms with Gasteiger partial charge in [-0.15, -0.1) is 0 Å². The lowest BCUT2D eigenvalue weighted by molar-refractivity contribution is -0.142. The van der Waals surface area contributed by atoms with Crippen LogP contribution in [0.5, 0.6) is 5.75 Å². The molecule has 122 valence electrons. The van der Waals surface area contributed by atoms with Gasteiger partial charge in [0.05, 0.1) is 25.8 Å². The number of ether oxygens (including phenoxy) is 2. The van der Waals surface area contributed by atoms with Gasteiger partial charge in [0.1, 0.15) is 5.75 Å². The summed E-state index contributed by atoms with van der Waals surface area (Å²) < 4.78 is 10.1. The zero-order valence-corrected chi connectivity index (χ0v) is 13.5.